The van der Waals surface area contributed by atoms with Crippen molar-refractivity contribution in [2.45, 2.75) is 25.4 Å². The summed E-state index contributed by atoms with van der Waals surface area (Å²) in [5.74, 6) is 2.83. The molecule has 0 bridgehead atoms. The molecule has 1 saturated heterocycles. The largest absolute Gasteiger partial charge is 0.508 e. The molecule has 2 N–H and O–H groups in total. The van der Waals surface area contributed by atoms with E-state index in [4.69, 9.17) is 0 Å². The van der Waals surface area contributed by atoms with Crippen LogP contribution in [0.5, 0.6) is 5.75 Å². The average Bonchev–Trinajstić information content (AvgIpc) is 2.70. The van der Waals surface area contributed by atoms with Gasteiger partial charge in [-0.3, -0.25) is 0 Å². The Morgan fingerprint density at radius 1 is 1.53 bits per heavy atom. The van der Waals surface area contributed by atoms with Crippen LogP contribution >= 0.6 is 11.8 Å². The third-order valence-corrected chi connectivity index (χ3v) is 3.95. The van der Waals surface area contributed by atoms with Gasteiger partial charge >= 0.3 is 0 Å². The standard InChI is InChI=1S/C12H17NOS/c1-9(13-11-5-6-15-8-11)10-3-2-4-12(14)7-10/h2-4,7,9,11,13-14H,5-6,8H2,1H3/t9-,11-/m1/s1. The Morgan fingerprint density at radius 3 is 3.07 bits per heavy atom. The van der Waals surface area contributed by atoms with Crippen LogP contribution in [0.2, 0.25) is 0 Å². The molecule has 2 rings (SSSR count). The molecule has 82 valence electrons. The molecule has 1 fully saturated rings. The molecular weight excluding hydrogens is 206 g/mol. The molecule has 2 nitrogen and oxygen atoms in total. The highest BCUT2D eigenvalue weighted by Gasteiger charge is 2.17. The molecule has 0 amide bonds. The lowest BCUT2D eigenvalue weighted by Gasteiger charge is -2.19. The fraction of sp³-hybridized carbons (Fsp3) is 0.500. The predicted octanol–water partition coefficient (Wildman–Crippen LogP) is 2.55. The highest BCUT2D eigenvalue weighted by Crippen LogP contribution is 2.22. The summed E-state index contributed by atoms with van der Waals surface area (Å²) in [6.45, 7) is 2.15. The van der Waals surface area contributed by atoms with Crippen molar-refractivity contribution in [3.05, 3.63) is 29.8 Å². The van der Waals surface area contributed by atoms with Gasteiger partial charge in [-0.1, -0.05) is 12.1 Å². The van der Waals surface area contributed by atoms with Gasteiger partial charge in [-0.15, -0.1) is 0 Å². The van der Waals surface area contributed by atoms with Gasteiger partial charge in [0.2, 0.25) is 0 Å². The fourth-order valence-electron chi connectivity index (χ4n) is 1.91. The van der Waals surface area contributed by atoms with E-state index in [2.05, 4.69) is 18.3 Å². The van der Waals surface area contributed by atoms with Crippen LogP contribution in [-0.2, 0) is 0 Å². The van der Waals surface area contributed by atoms with Crippen molar-refractivity contribution in [3.63, 3.8) is 0 Å². The molecule has 1 aliphatic rings. The molecule has 0 radical (unpaired) electrons. The van der Waals surface area contributed by atoms with Crippen LogP contribution in [0, 0.1) is 0 Å². The zero-order valence-electron chi connectivity index (χ0n) is 8.94. The topological polar surface area (TPSA) is 32.3 Å². The second-order valence-electron chi connectivity index (χ2n) is 4.04. The molecule has 1 aliphatic heterocycles. The smallest absolute Gasteiger partial charge is 0.115 e. The van der Waals surface area contributed by atoms with E-state index in [-0.39, 0.29) is 0 Å². The number of phenols is 1. The molecule has 1 heterocycles. The average molecular weight is 223 g/mol. The van der Waals surface area contributed by atoms with E-state index in [0.29, 0.717) is 17.8 Å². The molecule has 0 spiro atoms. The SMILES string of the molecule is C[C@@H](N[C@@H]1CCSC1)c1cccc(O)c1. The molecular formula is C12H17NOS. The number of phenolic OH excluding ortho intramolecular Hbond substituents is 1. The van der Waals surface area contributed by atoms with E-state index < -0.39 is 0 Å². The van der Waals surface area contributed by atoms with Gasteiger partial charge in [-0.05, 0) is 36.8 Å². The lowest BCUT2D eigenvalue weighted by atomic mass is 10.1. The monoisotopic (exact) mass is 223 g/mol. The Kier molecular flexibility index (Phi) is 3.54. The minimum Gasteiger partial charge on any atom is -0.508 e. The molecule has 15 heavy (non-hydrogen) atoms. The summed E-state index contributed by atoms with van der Waals surface area (Å²) in [6, 6.07) is 8.45. The zero-order chi connectivity index (χ0) is 10.7. The van der Waals surface area contributed by atoms with E-state index in [1.807, 2.05) is 23.9 Å². The zero-order valence-corrected chi connectivity index (χ0v) is 9.76. The Labute approximate surface area is 95.1 Å². The third-order valence-electron chi connectivity index (χ3n) is 2.79. The van der Waals surface area contributed by atoms with Crippen LogP contribution in [0.15, 0.2) is 24.3 Å². The molecule has 0 saturated carbocycles. The van der Waals surface area contributed by atoms with E-state index in [9.17, 15) is 5.11 Å². The number of rotatable bonds is 3. The van der Waals surface area contributed by atoms with Gasteiger partial charge in [0.15, 0.2) is 0 Å². The van der Waals surface area contributed by atoms with Gasteiger partial charge < -0.3 is 10.4 Å². The summed E-state index contributed by atoms with van der Waals surface area (Å²) in [5, 5.41) is 13.0. The first kappa shape index (κ1) is 10.8. The van der Waals surface area contributed by atoms with Crippen molar-refractivity contribution >= 4 is 11.8 Å². The van der Waals surface area contributed by atoms with Crippen LogP contribution in [0.3, 0.4) is 0 Å². The molecule has 2 atom stereocenters. The van der Waals surface area contributed by atoms with Crippen molar-refractivity contribution < 1.29 is 5.11 Å². The maximum absolute atomic E-state index is 9.39. The number of aromatic hydroxyl groups is 1. The summed E-state index contributed by atoms with van der Waals surface area (Å²) >= 11 is 2.01. The first-order valence-corrected chi connectivity index (χ1v) is 6.54. The fourth-order valence-corrected chi connectivity index (χ4v) is 3.08. The van der Waals surface area contributed by atoms with Gasteiger partial charge in [0.25, 0.3) is 0 Å². The highest BCUT2D eigenvalue weighted by atomic mass is 32.2. The maximum atomic E-state index is 9.39. The number of nitrogens with one attached hydrogen (secondary N) is 1. The second kappa shape index (κ2) is 4.90. The highest BCUT2D eigenvalue weighted by molar-refractivity contribution is 7.99. The van der Waals surface area contributed by atoms with Gasteiger partial charge in [0, 0.05) is 17.8 Å². The summed E-state index contributed by atoms with van der Waals surface area (Å²) < 4.78 is 0. The van der Waals surface area contributed by atoms with Crippen molar-refractivity contribution in [2.24, 2.45) is 0 Å². The lowest BCUT2D eigenvalue weighted by Crippen LogP contribution is -2.31. The normalized spacial score (nSPS) is 22.9. The van der Waals surface area contributed by atoms with Crippen LogP contribution in [0.4, 0.5) is 0 Å². The molecule has 3 heteroatoms. The van der Waals surface area contributed by atoms with Crippen LogP contribution in [-0.4, -0.2) is 22.7 Å². The molecule has 1 aromatic rings. The van der Waals surface area contributed by atoms with E-state index in [1.54, 1.807) is 6.07 Å². The minimum absolute atomic E-state index is 0.320. The van der Waals surface area contributed by atoms with Gasteiger partial charge in [-0.2, -0.15) is 11.8 Å². The summed E-state index contributed by atoms with van der Waals surface area (Å²) in [7, 11) is 0. The Balaban J connectivity index is 1.97. The second-order valence-corrected chi connectivity index (χ2v) is 5.19. The molecule has 0 aromatic heterocycles. The number of hydrogen-bond donors (Lipinski definition) is 2. The van der Waals surface area contributed by atoms with Gasteiger partial charge in [-0.25, -0.2) is 0 Å². The third kappa shape index (κ3) is 2.89. The van der Waals surface area contributed by atoms with Crippen LogP contribution in [0.25, 0.3) is 0 Å². The summed E-state index contributed by atoms with van der Waals surface area (Å²) in [6.07, 6.45) is 1.26. The quantitative estimate of drug-likeness (QED) is 0.826. The van der Waals surface area contributed by atoms with Gasteiger partial charge in [0.05, 0.1) is 0 Å². The Morgan fingerprint density at radius 2 is 2.40 bits per heavy atom. The molecule has 1 aromatic carbocycles. The Hall–Kier alpha value is -0.670. The first-order valence-electron chi connectivity index (χ1n) is 5.38. The van der Waals surface area contributed by atoms with Crippen molar-refractivity contribution in [1.82, 2.24) is 5.32 Å². The van der Waals surface area contributed by atoms with Crippen molar-refractivity contribution in [1.29, 1.82) is 0 Å². The molecule has 0 unspecified atom stereocenters. The summed E-state index contributed by atoms with van der Waals surface area (Å²) in [4.78, 5) is 0. The minimum atomic E-state index is 0.320. The lowest BCUT2D eigenvalue weighted by molar-refractivity contribution is 0.464. The van der Waals surface area contributed by atoms with Crippen molar-refractivity contribution in [3.8, 4) is 5.75 Å². The van der Waals surface area contributed by atoms with E-state index in [0.717, 1.165) is 5.56 Å². The van der Waals surface area contributed by atoms with E-state index in [1.165, 1.54) is 17.9 Å². The molecule has 0 aliphatic carbocycles. The predicted molar refractivity (Wildman–Crippen MR) is 65.4 cm³/mol. The van der Waals surface area contributed by atoms with Crippen LogP contribution < -0.4 is 5.32 Å². The van der Waals surface area contributed by atoms with Crippen molar-refractivity contribution in [2.75, 3.05) is 11.5 Å². The maximum Gasteiger partial charge on any atom is 0.115 e. The number of hydrogen-bond acceptors (Lipinski definition) is 3. The summed E-state index contributed by atoms with van der Waals surface area (Å²) in [5.41, 5.74) is 1.16. The van der Waals surface area contributed by atoms with Gasteiger partial charge in [0.1, 0.15) is 5.75 Å². The number of benzene rings is 1. The first-order chi connectivity index (χ1) is 7.25. The Bertz CT molecular complexity index is 323. The number of thioether (sulfide) groups is 1. The van der Waals surface area contributed by atoms with Crippen LogP contribution in [0.1, 0.15) is 24.9 Å². The van der Waals surface area contributed by atoms with E-state index >= 15 is 0 Å².